The van der Waals surface area contributed by atoms with Crippen LogP contribution in [0.15, 0.2) is 70.0 Å². The summed E-state index contributed by atoms with van der Waals surface area (Å²) in [7, 11) is 1.42. The van der Waals surface area contributed by atoms with Gasteiger partial charge < -0.3 is 31.1 Å². The van der Waals surface area contributed by atoms with Crippen LogP contribution in [-0.2, 0) is 9.59 Å². The minimum Gasteiger partial charge on any atom is -0.511 e. The fourth-order valence-corrected chi connectivity index (χ4v) is 6.91. The molecule has 4 unspecified atom stereocenters. The topological polar surface area (TPSA) is 176 Å². The molecule has 10 nitrogen and oxygen atoms in total. The highest BCUT2D eigenvalue weighted by Gasteiger charge is 2.54. The van der Waals surface area contributed by atoms with Crippen LogP contribution in [0.5, 0.6) is 11.5 Å². The molecule has 1 aliphatic heterocycles. The van der Waals surface area contributed by atoms with Gasteiger partial charge in [-0.3, -0.25) is 19.2 Å². The van der Waals surface area contributed by atoms with Crippen molar-refractivity contribution in [2.75, 3.05) is 7.11 Å². The zero-order valence-corrected chi connectivity index (χ0v) is 20.4. The number of amides is 2. The molecule has 0 bridgehead atoms. The second-order valence-corrected chi connectivity index (χ2v) is 10.4. The maximum absolute atomic E-state index is 13.4. The second-order valence-electron chi connectivity index (χ2n) is 9.00. The van der Waals surface area contributed by atoms with Crippen LogP contribution in [0.1, 0.15) is 27.1 Å². The summed E-state index contributed by atoms with van der Waals surface area (Å²) in [6, 6.07) is 9.81. The number of phenols is 1. The number of hydrogen-bond acceptors (Lipinski definition) is 8. The number of primary amides is 1. The molecule has 37 heavy (non-hydrogen) atoms. The van der Waals surface area contributed by atoms with E-state index in [1.54, 1.807) is 36.4 Å². The molecule has 3 aliphatic rings. The lowest BCUT2D eigenvalue weighted by atomic mass is 9.66. The Labute approximate surface area is 214 Å². The standard InChI is InChI=1S/C26H23N2O8S/c1-36-11-7-13(29)17-14(8-11)37-15-9-12-16(21(30)18(15)23(17)32)22(31)19(25(27)34)24(33)20(12)28-26(35)10-5-3-2-4-6-10/h2-8,12,15-16,20,29-30,33,37H,9H2,1H3,(H2,27,34)(H,28,35). The number of benzene rings is 2. The summed E-state index contributed by atoms with van der Waals surface area (Å²) in [5, 5.41) is 34.7. The third-order valence-corrected chi connectivity index (χ3v) is 8.39. The number of ether oxygens (including phenoxy) is 1. The van der Waals surface area contributed by atoms with Gasteiger partial charge in [0.25, 0.3) is 11.8 Å². The Hall–Kier alpha value is -4.25. The molecule has 2 aromatic carbocycles. The Kier molecular flexibility index (Phi) is 5.95. The molecule has 2 aromatic rings. The number of nitrogens with two attached hydrogens (primary N) is 1. The van der Waals surface area contributed by atoms with Crippen LogP contribution in [-0.4, -0.2) is 57.1 Å². The number of ketones is 2. The second kappa shape index (κ2) is 9.00. The summed E-state index contributed by atoms with van der Waals surface area (Å²) in [6.07, 6.45) is 0.107. The number of aromatic hydroxyl groups is 1. The lowest BCUT2D eigenvalue weighted by molar-refractivity contribution is -0.126. The van der Waals surface area contributed by atoms with Gasteiger partial charge in [-0.2, -0.15) is 11.8 Å². The van der Waals surface area contributed by atoms with Crippen molar-refractivity contribution < 1.29 is 39.2 Å². The van der Waals surface area contributed by atoms with Crippen molar-refractivity contribution in [3.63, 3.8) is 0 Å². The van der Waals surface area contributed by atoms with Crippen molar-refractivity contribution in [1.82, 2.24) is 5.32 Å². The highest BCUT2D eigenvalue weighted by atomic mass is 32.2. The molecule has 6 N–H and O–H groups in total. The molecule has 2 aliphatic carbocycles. The molecule has 0 fully saturated rings. The number of Topliss-reactive ketones (excluding diaryl/α,β-unsaturated/α-hetero) is 2. The number of aliphatic hydroxyl groups excluding tert-OH is 2. The van der Waals surface area contributed by atoms with Gasteiger partial charge in [0.1, 0.15) is 28.6 Å². The van der Waals surface area contributed by atoms with E-state index in [9.17, 15) is 34.5 Å². The zero-order valence-electron chi connectivity index (χ0n) is 19.5. The van der Waals surface area contributed by atoms with Crippen LogP contribution in [0.25, 0.3) is 0 Å². The highest BCUT2D eigenvalue weighted by Crippen LogP contribution is 2.52. The largest absolute Gasteiger partial charge is 0.511 e. The number of carbonyl (C=O) groups is 4. The van der Waals surface area contributed by atoms with Crippen LogP contribution in [0, 0.1) is 11.8 Å². The number of allylic oxidation sites excluding steroid dienone is 1. The number of methoxy groups -OCH3 is 1. The molecule has 0 aromatic heterocycles. The van der Waals surface area contributed by atoms with Crippen molar-refractivity contribution in [1.29, 1.82) is 0 Å². The van der Waals surface area contributed by atoms with Gasteiger partial charge in [-0.25, -0.2) is 0 Å². The number of nitrogens with one attached hydrogen (secondary N) is 1. The van der Waals surface area contributed by atoms with Gasteiger partial charge in [-0.1, -0.05) is 18.2 Å². The van der Waals surface area contributed by atoms with Crippen molar-refractivity contribution >= 4 is 35.1 Å². The molecular formula is C26H23N2O8S. The Morgan fingerprint density at radius 1 is 1.08 bits per heavy atom. The summed E-state index contributed by atoms with van der Waals surface area (Å²) in [5.74, 6) is -6.87. The number of rotatable bonds is 4. The first-order chi connectivity index (χ1) is 17.6. The van der Waals surface area contributed by atoms with E-state index in [0.717, 1.165) is 0 Å². The van der Waals surface area contributed by atoms with E-state index in [0.29, 0.717) is 22.4 Å². The zero-order chi connectivity index (χ0) is 26.6. The van der Waals surface area contributed by atoms with Crippen LogP contribution < -0.4 is 15.8 Å². The van der Waals surface area contributed by atoms with Gasteiger partial charge in [0.15, 0.2) is 11.6 Å². The summed E-state index contributed by atoms with van der Waals surface area (Å²) < 4.78 is 5.19. The fraction of sp³-hybridized carbons (Fsp3) is 0.231. The predicted octanol–water partition coefficient (Wildman–Crippen LogP) is 1.92. The number of carbonyl (C=O) groups excluding carboxylic acids is 4. The van der Waals surface area contributed by atoms with Gasteiger partial charge in [0.05, 0.1) is 30.2 Å². The fourth-order valence-electron chi connectivity index (χ4n) is 5.30. The molecule has 5 rings (SSSR count). The molecule has 11 heteroatoms. The third kappa shape index (κ3) is 3.82. The molecule has 1 radical (unpaired) electrons. The van der Waals surface area contributed by atoms with Gasteiger partial charge in [-0.15, -0.1) is 0 Å². The molecule has 0 spiro atoms. The molecule has 1 heterocycles. The predicted molar refractivity (Wildman–Crippen MR) is 133 cm³/mol. The Morgan fingerprint density at radius 3 is 2.43 bits per heavy atom. The van der Waals surface area contributed by atoms with E-state index in [-0.39, 0.29) is 28.9 Å². The van der Waals surface area contributed by atoms with E-state index in [4.69, 9.17) is 10.5 Å². The summed E-state index contributed by atoms with van der Waals surface area (Å²) in [6.45, 7) is 0. The first kappa shape index (κ1) is 24.4. The Bertz CT molecular complexity index is 1430. The quantitative estimate of drug-likeness (QED) is 0.260. The minimum absolute atomic E-state index is 0.00980. The van der Waals surface area contributed by atoms with Gasteiger partial charge in [0.2, 0.25) is 0 Å². The third-order valence-electron chi connectivity index (χ3n) is 6.98. The maximum atomic E-state index is 13.4. The van der Waals surface area contributed by atoms with Crippen LogP contribution in [0.4, 0.5) is 0 Å². The van der Waals surface area contributed by atoms with E-state index in [2.05, 4.69) is 5.32 Å². The average Bonchev–Trinajstić information content (AvgIpc) is 2.85. The summed E-state index contributed by atoms with van der Waals surface area (Å²) >= 11 is 0.548. The summed E-state index contributed by atoms with van der Waals surface area (Å²) in [4.78, 5) is 52.3. The van der Waals surface area contributed by atoms with Gasteiger partial charge in [-0.05, 0) is 24.6 Å². The Morgan fingerprint density at radius 2 is 1.78 bits per heavy atom. The first-order valence-corrected chi connectivity index (χ1v) is 12.3. The number of hydrogen-bond donors (Lipinski definition) is 6. The van der Waals surface area contributed by atoms with Crippen LogP contribution in [0.3, 0.4) is 0 Å². The average molecular weight is 524 g/mol. The lowest BCUT2D eigenvalue weighted by Crippen LogP contribution is -2.55. The van der Waals surface area contributed by atoms with E-state index < -0.39 is 63.6 Å². The lowest BCUT2D eigenvalue weighted by Gasteiger charge is -2.44. The van der Waals surface area contributed by atoms with Crippen molar-refractivity contribution in [3.8, 4) is 11.5 Å². The Balaban J connectivity index is 1.61. The molecule has 2 amide bonds. The molecular weight excluding hydrogens is 500 g/mol. The molecule has 0 saturated heterocycles. The monoisotopic (exact) mass is 523 g/mol. The van der Waals surface area contributed by atoms with Crippen molar-refractivity contribution in [2.24, 2.45) is 17.6 Å². The van der Waals surface area contributed by atoms with Crippen LogP contribution >= 0.6 is 11.8 Å². The van der Waals surface area contributed by atoms with Crippen molar-refractivity contribution in [3.05, 3.63) is 76.3 Å². The normalized spacial score (nSPS) is 24.7. The van der Waals surface area contributed by atoms with E-state index in [1.807, 2.05) is 0 Å². The first-order valence-electron chi connectivity index (χ1n) is 11.4. The highest BCUT2D eigenvalue weighted by molar-refractivity contribution is 8.00. The van der Waals surface area contributed by atoms with E-state index in [1.165, 1.54) is 13.2 Å². The smallest absolute Gasteiger partial charge is 0.255 e. The number of thiol groups is 1. The summed E-state index contributed by atoms with van der Waals surface area (Å²) in [5.41, 5.74) is 4.87. The van der Waals surface area contributed by atoms with Gasteiger partial charge in [0, 0.05) is 27.7 Å². The number of phenolic OH excluding ortho intramolecular Hbond substituents is 1. The van der Waals surface area contributed by atoms with Gasteiger partial charge >= 0.3 is 0 Å². The minimum atomic E-state index is -1.40. The van der Waals surface area contributed by atoms with Crippen molar-refractivity contribution in [2.45, 2.75) is 22.6 Å². The molecule has 4 atom stereocenters. The van der Waals surface area contributed by atoms with E-state index >= 15 is 0 Å². The molecule has 0 saturated carbocycles. The SMILES string of the molecule is COc1cc(O)c2c(c1)[SH]C1CC3C(NC(=O)c4ccccc4)C(O)=C(C(N)=O)C(=O)C3C(O)=C1C2=O. The number of aliphatic hydroxyl groups is 2. The van der Waals surface area contributed by atoms with Crippen LogP contribution in [0.2, 0.25) is 0 Å². The molecule has 191 valence electrons. The maximum Gasteiger partial charge on any atom is 0.255 e. The number of fused-ring (bicyclic) bond motifs is 3.